The lowest BCUT2D eigenvalue weighted by Gasteiger charge is -2.33. The molecule has 2 aromatic rings. The Morgan fingerprint density at radius 3 is 1.43 bits per heavy atom. The lowest BCUT2D eigenvalue weighted by molar-refractivity contribution is 1.37. The van der Waals surface area contributed by atoms with Crippen molar-refractivity contribution in [3.63, 3.8) is 0 Å². The van der Waals surface area contributed by atoms with Gasteiger partial charge in [-0.2, -0.15) is 0 Å². The first-order valence-corrected chi connectivity index (χ1v) is 9.58. The molecule has 0 aliphatic rings. The number of hydrogen-bond acceptors (Lipinski definition) is 2. The molecule has 0 spiro atoms. The monoisotopic (exact) mass is 294 g/mol. The summed E-state index contributed by atoms with van der Waals surface area (Å²) in [6.45, 7) is 7.86. The quantitative estimate of drug-likeness (QED) is 0.527. The molecule has 0 aliphatic heterocycles. The number of nitrogens with one attached hydrogen (secondary N) is 2. The van der Waals surface area contributed by atoms with Crippen molar-refractivity contribution in [2.45, 2.75) is 12.1 Å². The second kappa shape index (κ2) is 7.50. The van der Waals surface area contributed by atoms with E-state index >= 15 is 0 Å². The molecule has 0 saturated carbocycles. The van der Waals surface area contributed by atoms with Crippen LogP contribution in [0.2, 0.25) is 12.1 Å². The van der Waals surface area contributed by atoms with Crippen molar-refractivity contribution >= 4 is 19.8 Å². The van der Waals surface area contributed by atoms with Crippen LogP contribution in [0.15, 0.2) is 86.0 Å². The van der Waals surface area contributed by atoms with Gasteiger partial charge in [-0.15, -0.1) is 13.2 Å². The lowest BCUT2D eigenvalue weighted by Crippen LogP contribution is -2.51. The van der Waals surface area contributed by atoms with Gasteiger partial charge < -0.3 is 9.96 Å². The summed E-state index contributed by atoms with van der Waals surface area (Å²) in [4.78, 5) is 7.46. The molecule has 0 saturated heterocycles. The molecular formula is C18H22N2Si. The minimum Gasteiger partial charge on any atom is -0.394 e. The Kier molecular flexibility index (Phi) is 5.40. The van der Waals surface area contributed by atoms with E-state index in [-0.39, 0.29) is 0 Å². The van der Waals surface area contributed by atoms with Gasteiger partial charge in [0.15, 0.2) is 0 Å². The predicted molar refractivity (Wildman–Crippen MR) is 95.9 cm³/mol. The number of benzene rings is 2. The Hall–Kier alpha value is -2.26. The van der Waals surface area contributed by atoms with Gasteiger partial charge >= 0.3 is 0 Å². The van der Waals surface area contributed by atoms with Gasteiger partial charge in [-0.3, -0.25) is 0 Å². The highest BCUT2D eigenvalue weighted by atomic mass is 28.3. The molecule has 0 aliphatic carbocycles. The van der Waals surface area contributed by atoms with Crippen molar-refractivity contribution in [3.05, 3.63) is 86.0 Å². The second-order valence-corrected chi connectivity index (χ2v) is 8.53. The minimum atomic E-state index is -2.01. The Morgan fingerprint density at radius 1 is 0.714 bits per heavy atom. The van der Waals surface area contributed by atoms with Crippen molar-refractivity contribution in [1.82, 2.24) is 0 Å². The van der Waals surface area contributed by atoms with Crippen LogP contribution in [0.5, 0.6) is 0 Å². The number of para-hydroxylation sites is 2. The molecule has 0 aromatic heterocycles. The van der Waals surface area contributed by atoms with Crippen molar-refractivity contribution in [1.29, 1.82) is 0 Å². The third-order valence-electron chi connectivity index (χ3n) is 3.30. The summed E-state index contributed by atoms with van der Waals surface area (Å²) in [5.74, 6) is 0. The first-order valence-electron chi connectivity index (χ1n) is 7.16. The zero-order valence-electron chi connectivity index (χ0n) is 12.3. The zero-order chi connectivity index (χ0) is 15.0. The van der Waals surface area contributed by atoms with Crippen LogP contribution < -0.4 is 9.96 Å². The van der Waals surface area contributed by atoms with E-state index in [4.69, 9.17) is 0 Å². The maximum atomic E-state index is 3.93. The van der Waals surface area contributed by atoms with Gasteiger partial charge in [0.05, 0.1) is 0 Å². The predicted octanol–water partition coefficient (Wildman–Crippen LogP) is 5.02. The van der Waals surface area contributed by atoms with Gasteiger partial charge in [0.1, 0.15) is 0 Å². The third kappa shape index (κ3) is 4.36. The van der Waals surface area contributed by atoms with Gasteiger partial charge in [0, 0.05) is 11.4 Å². The highest BCUT2D eigenvalue weighted by Gasteiger charge is 2.31. The molecule has 0 atom stereocenters. The fraction of sp³-hybridized carbons (Fsp3) is 0.111. The summed E-state index contributed by atoms with van der Waals surface area (Å²) in [6.07, 6.45) is 3.98. The van der Waals surface area contributed by atoms with E-state index < -0.39 is 8.40 Å². The minimum absolute atomic E-state index is 0.919. The number of anilines is 2. The molecule has 0 fully saturated rings. The van der Waals surface area contributed by atoms with E-state index in [1.54, 1.807) is 0 Å². The summed E-state index contributed by atoms with van der Waals surface area (Å²) in [6, 6.07) is 22.5. The van der Waals surface area contributed by atoms with E-state index in [0.29, 0.717) is 0 Å². The average Bonchev–Trinajstić information content (AvgIpc) is 2.50. The fourth-order valence-corrected chi connectivity index (χ4v) is 5.47. The van der Waals surface area contributed by atoms with Gasteiger partial charge in [0.25, 0.3) is 8.40 Å². The maximum absolute atomic E-state index is 3.93. The Balaban J connectivity index is 2.27. The van der Waals surface area contributed by atoms with E-state index in [1.807, 2.05) is 48.6 Å². The van der Waals surface area contributed by atoms with Crippen molar-refractivity contribution < 1.29 is 0 Å². The van der Waals surface area contributed by atoms with Gasteiger partial charge in [-0.05, 0) is 36.4 Å². The molecule has 2 aromatic carbocycles. The summed E-state index contributed by atoms with van der Waals surface area (Å²) in [5, 5.41) is 0. The van der Waals surface area contributed by atoms with Crippen molar-refractivity contribution in [2.75, 3.05) is 9.96 Å². The van der Waals surface area contributed by atoms with Crippen LogP contribution >= 0.6 is 0 Å². The third-order valence-corrected chi connectivity index (χ3v) is 6.81. The molecule has 21 heavy (non-hydrogen) atoms. The first-order chi connectivity index (χ1) is 10.3. The molecule has 0 unspecified atom stereocenters. The van der Waals surface area contributed by atoms with Crippen LogP contribution in [0.25, 0.3) is 0 Å². The Labute approximate surface area is 128 Å². The zero-order valence-corrected chi connectivity index (χ0v) is 13.3. The van der Waals surface area contributed by atoms with Gasteiger partial charge in [-0.1, -0.05) is 48.6 Å². The van der Waals surface area contributed by atoms with E-state index in [2.05, 4.69) is 47.4 Å². The van der Waals surface area contributed by atoms with Crippen molar-refractivity contribution in [2.24, 2.45) is 0 Å². The normalized spacial score (nSPS) is 10.7. The van der Waals surface area contributed by atoms with Crippen LogP contribution in [-0.2, 0) is 0 Å². The molecule has 2 nitrogen and oxygen atoms in total. The summed E-state index contributed by atoms with van der Waals surface area (Å²) in [5.41, 5.74) is 2.27. The van der Waals surface area contributed by atoms with Crippen LogP contribution in [0.1, 0.15) is 0 Å². The highest BCUT2D eigenvalue weighted by Crippen LogP contribution is 2.23. The SMILES string of the molecule is C=CC[Si](CC=C)(Nc1ccccc1)Nc1ccccc1. The molecule has 0 amide bonds. The van der Waals surface area contributed by atoms with Crippen LogP contribution in [0, 0.1) is 0 Å². The first kappa shape index (κ1) is 15.1. The molecule has 0 heterocycles. The average molecular weight is 294 g/mol. The molecule has 2 N–H and O–H groups in total. The molecule has 0 bridgehead atoms. The molecule has 0 radical (unpaired) electrons. The highest BCUT2D eigenvalue weighted by molar-refractivity contribution is 6.86. The van der Waals surface area contributed by atoms with Crippen LogP contribution in [-0.4, -0.2) is 8.40 Å². The van der Waals surface area contributed by atoms with E-state index in [1.165, 1.54) is 0 Å². The standard InChI is InChI=1S/C18H22N2Si/c1-3-15-21(16-4-2,19-17-11-7-5-8-12-17)20-18-13-9-6-10-14-18/h3-14,19-20H,1-2,15-16H2. The maximum Gasteiger partial charge on any atom is 0.266 e. The molecular weight excluding hydrogens is 272 g/mol. The summed E-state index contributed by atoms with van der Waals surface area (Å²) in [7, 11) is -2.01. The largest absolute Gasteiger partial charge is 0.394 e. The van der Waals surface area contributed by atoms with Gasteiger partial charge in [-0.25, -0.2) is 0 Å². The number of rotatable bonds is 8. The smallest absolute Gasteiger partial charge is 0.266 e. The van der Waals surface area contributed by atoms with Crippen LogP contribution in [0.3, 0.4) is 0 Å². The number of allylic oxidation sites excluding steroid dienone is 2. The Bertz CT molecular complexity index is 513. The molecule has 2 rings (SSSR count). The van der Waals surface area contributed by atoms with E-state index in [9.17, 15) is 0 Å². The number of hydrogen-bond donors (Lipinski definition) is 2. The van der Waals surface area contributed by atoms with E-state index in [0.717, 1.165) is 23.5 Å². The second-order valence-electron chi connectivity index (χ2n) is 5.05. The summed E-state index contributed by atoms with van der Waals surface area (Å²) >= 11 is 0. The molecule has 108 valence electrons. The van der Waals surface area contributed by atoms with Gasteiger partial charge in [0.2, 0.25) is 0 Å². The van der Waals surface area contributed by atoms with Crippen LogP contribution in [0.4, 0.5) is 11.4 Å². The Morgan fingerprint density at radius 2 is 1.10 bits per heavy atom. The lowest BCUT2D eigenvalue weighted by atomic mass is 10.3. The topological polar surface area (TPSA) is 24.1 Å². The summed E-state index contributed by atoms with van der Waals surface area (Å²) < 4.78 is 0. The van der Waals surface area contributed by atoms with Crippen molar-refractivity contribution in [3.8, 4) is 0 Å². The fourth-order valence-electron chi connectivity index (χ4n) is 2.41. The molecule has 3 heteroatoms.